The molecule has 2 atom stereocenters. The number of benzene rings is 1. The van der Waals surface area contributed by atoms with Gasteiger partial charge in [-0.15, -0.1) is 0 Å². The number of hydrogen-bond acceptors (Lipinski definition) is 5. The summed E-state index contributed by atoms with van der Waals surface area (Å²) in [5.74, 6) is -0.387. The molecule has 1 fully saturated rings. The lowest BCUT2D eigenvalue weighted by atomic mass is 9.94. The van der Waals surface area contributed by atoms with E-state index >= 15 is 0 Å². The van der Waals surface area contributed by atoms with Gasteiger partial charge in [-0.1, -0.05) is 55.4 Å². The van der Waals surface area contributed by atoms with Gasteiger partial charge in [0, 0.05) is 0 Å². The van der Waals surface area contributed by atoms with Crippen LogP contribution in [-0.4, -0.2) is 33.8 Å². The molecule has 0 radical (unpaired) electrons. The monoisotopic (exact) mass is 358 g/mol. The largest absolute Gasteiger partial charge is 0.463 e. The fourth-order valence-corrected chi connectivity index (χ4v) is 4.52. The predicted molar refractivity (Wildman–Crippen MR) is 99.1 cm³/mol. The third-order valence-corrected chi connectivity index (χ3v) is 5.53. The highest BCUT2D eigenvalue weighted by Gasteiger charge is 2.47. The minimum absolute atomic E-state index is 0.0220. The molecule has 132 valence electrons. The molecule has 1 aromatic carbocycles. The fraction of sp³-hybridized carbons (Fsp3) is 0.421. The maximum absolute atomic E-state index is 13.0. The van der Waals surface area contributed by atoms with E-state index in [2.05, 4.69) is 11.9 Å². The molecule has 1 amide bonds. The standard InChI is InChI=1S/C19H22N2O3S/c1-4-9-14-17(22)21-16(13-10-7-6-8-11-13)15(18(23)24-5-2)12(3)20-19(21)25-14/h6-8,10-11,14,16H,4-5,9H2,1-3H3/t14-,16+/m0/s1. The normalized spacial score (nSPS) is 22.8. The summed E-state index contributed by atoms with van der Waals surface area (Å²) in [7, 11) is 0. The number of amides is 1. The van der Waals surface area contributed by atoms with Crippen molar-refractivity contribution in [3.8, 4) is 0 Å². The van der Waals surface area contributed by atoms with Crippen LogP contribution in [-0.2, 0) is 14.3 Å². The molecule has 5 nitrogen and oxygen atoms in total. The first kappa shape index (κ1) is 17.7. The molecule has 2 aliphatic rings. The maximum Gasteiger partial charge on any atom is 0.338 e. The summed E-state index contributed by atoms with van der Waals surface area (Å²) in [6, 6.07) is 9.14. The lowest BCUT2D eigenvalue weighted by molar-refractivity contribution is -0.139. The Morgan fingerprint density at radius 1 is 1.28 bits per heavy atom. The number of fused-ring (bicyclic) bond motifs is 1. The molecule has 0 aliphatic carbocycles. The van der Waals surface area contributed by atoms with Crippen LogP contribution in [0.2, 0.25) is 0 Å². The van der Waals surface area contributed by atoms with Crippen LogP contribution in [0.15, 0.2) is 46.6 Å². The average Bonchev–Trinajstić information content (AvgIpc) is 2.90. The predicted octanol–water partition coefficient (Wildman–Crippen LogP) is 3.68. The fourth-order valence-electron chi connectivity index (χ4n) is 3.20. The molecule has 2 heterocycles. The average molecular weight is 358 g/mol. The van der Waals surface area contributed by atoms with Gasteiger partial charge in [-0.2, -0.15) is 0 Å². The molecule has 25 heavy (non-hydrogen) atoms. The van der Waals surface area contributed by atoms with Gasteiger partial charge in [0.1, 0.15) is 0 Å². The van der Waals surface area contributed by atoms with Gasteiger partial charge in [-0.25, -0.2) is 9.79 Å². The Morgan fingerprint density at radius 3 is 2.64 bits per heavy atom. The number of allylic oxidation sites excluding steroid dienone is 1. The van der Waals surface area contributed by atoms with Crippen LogP contribution in [0.1, 0.15) is 45.2 Å². The van der Waals surface area contributed by atoms with E-state index in [1.807, 2.05) is 37.3 Å². The van der Waals surface area contributed by atoms with Gasteiger partial charge >= 0.3 is 5.97 Å². The zero-order chi connectivity index (χ0) is 18.0. The molecule has 3 rings (SSSR count). The van der Waals surface area contributed by atoms with Crippen molar-refractivity contribution in [2.45, 2.75) is 44.9 Å². The Kier molecular flexibility index (Phi) is 5.27. The number of hydrogen-bond donors (Lipinski definition) is 0. The first-order valence-corrected chi connectivity index (χ1v) is 9.47. The Hall–Kier alpha value is -2.08. The Morgan fingerprint density at radius 2 is 2.00 bits per heavy atom. The number of aliphatic imine (C=N–C) groups is 1. The lowest BCUT2D eigenvalue weighted by Gasteiger charge is -2.33. The second-order valence-electron chi connectivity index (χ2n) is 6.03. The van der Waals surface area contributed by atoms with Gasteiger partial charge in [0.25, 0.3) is 0 Å². The number of nitrogens with zero attached hydrogens (tertiary/aromatic N) is 2. The van der Waals surface area contributed by atoms with Crippen molar-refractivity contribution in [3.05, 3.63) is 47.2 Å². The molecule has 0 unspecified atom stereocenters. The number of thioether (sulfide) groups is 1. The van der Waals surface area contributed by atoms with Crippen LogP contribution >= 0.6 is 11.8 Å². The van der Waals surface area contributed by atoms with E-state index in [4.69, 9.17) is 4.74 Å². The molecule has 2 aliphatic heterocycles. The molecule has 1 saturated heterocycles. The van der Waals surface area contributed by atoms with Crippen LogP contribution in [0, 0.1) is 0 Å². The number of amidine groups is 1. The Balaban J connectivity index is 2.09. The molecule has 1 aromatic rings. The van der Waals surface area contributed by atoms with Gasteiger partial charge in [0.05, 0.1) is 29.2 Å². The van der Waals surface area contributed by atoms with Gasteiger partial charge in [0.2, 0.25) is 5.91 Å². The molecule has 0 N–H and O–H groups in total. The van der Waals surface area contributed by atoms with Crippen molar-refractivity contribution in [1.29, 1.82) is 0 Å². The van der Waals surface area contributed by atoms with Crippen molar-refractivity contribution in [3.63, 3.8) is 0 Å². The summed E-state index contributed by atoms with van der Waals surface area (Å²) >= 11 is 1.50. The summed E-state index contributed by atoms with van der Waals surface area (Å²) in [5, 5.41) is 0.548. The Bertz CT molecular complexity index is 742. The second kappa shape index (κ2) is 7.44. The second-order valence-corrected chi connectivity index (χ2v) is 7.20. The summed E-state index contributed by atoms with van der Waals surface area (Å²) < 4.78 is 5.25. The van der Waals surface area contributed by atoms with E-state index in [0.29, 0.717) is 16.4 Å². The van der Waals surface area contributed by atoms with Crippen molar-refractivity contribution < 1.29 is 14.3 Å². The highest BCUT2D eigenvalue weighted by Crippen LogP contribution is 2.44. The molecular weight excluding hydrogens is 336 g/mol. The van der Waals surface area contributed by atoms with Crippen LogP contribution < -0.4 is 0 Å². The van der Waals surface area contributed by atoms with E-state index < -0.39 is 12.0 Å². The molecule has 6 heteroatoms. The highest BCUT2D eigenvalue weighted by atomic mass is 32.2. The minimum atomic E-state index is -0.477. The van der Waals surface area contributed by atoms with Crippen molar-refractivity contribution in [2.75, 3.05) is 6.61 Å². The summed E-state index contributed by atoms with van der Waals surface area (Å²) in [5.41, 5.74) is 1.96. The van der Waals surface area contributed by atoms with E-state index in [1.165, 1.54) is 11.8 Å². The summed E-state index contributed by atoms with van der Waals surface area (Å²) in [6.45, 7) is 5.94. The SMILES string of the molecule is CCC[C@@H]1SC2=NC(C)=C(C(=O)OCC)[C@@H](c3ccccc3)N2C1=O. The number of esters is 1. The molecule has 0 aromatic heterocycles. The van der Waals surface area contributed by atoms with Gasteiger partial charge in [0.15, 0.2) is 5.17 Å². The quantitative estimate of drug-likeness (QED) is 0.754. The van der Waals surface area contributed by atoms with Crippen LogP contribution in [0.3, 0.4) is 0 Å². The van der Waals surface area contributed by atoms with Gasteiger partial charge in [-0.3, -0.25) is 9.69 Å². The van der Waals surface area contributed by atoms with Gasteiger partial charge in [-0.05, 0) is 25.8 Å². The minimum Gasteiger partial charge on any atom is -0.463 e. The van der Waals surface area contributed by atoms with Crippen LogP contribution in [0.4, 0.5) is 0 Å². The number of carbonyl (C=O) groups is 2. The number of carbonyl (C=O) groups excluding carboxylic acids is 2. The highest BCUT2D eigenvalue weighted by molar-refractivity contribution is 8.15. The topological polar surface area (TPSA) is 59.0 Å². The third-order valence-electron chi connectivity index (χ3n) is 4.31. The zero-order valence-electron chi connectivity index (χ0n) is 14.7. The van der Waals surface area contributed by atoms with Crippen LogP contribution in [0.5, 0.6) is 0 Å². The van der Waals surface area contributed by atoms with Gasteiger partial charge < -0.3 is 4.74 Å². The molecule has 0 bridgehead atoms. The van der Waals surface area contributed by atoms with E-state index in [9.17, 15) is 9.59 Å². The third kappa shape index (κ3) is 3.23. The molecular formula is C19H22N2O3S. The number of rotatable bonds is 5. The first-order chi connectivity index (χ1) is 12.1. The molecule has 0 spiro atoms. The first-order valence-electron chi connectivity index (χ1n) is 8.59. The maximum atomic E-state index is 13.0. The number of ether oxygens (including phenoxy) is 1. The van der Waals surface area contributed by atoms with E-state index in [0.717, 1.165) is 18.4 Å². The van der Waals surface area contributed by atoms with Crippen molar-refractivity contribution in [1.82, 2.24) is 4.90 Å². The smallest absolute Gasteiger partial charge is 0.338 e. The van der Waals surface area contributed by atoms with Crippen molar-refractivity contribution in [2.24, 2.45) is 4.99 Å². The van der Waals surface area contributed by atoms with E-state index in [-0.39, 0.29) is 17.8 Å². The lowest BCUT2D eigenvalue weighted by Crippen LogP contribution is -2.40. The van der Waals surface area contributed by atoms with E-state index in [1.54, 1.807) is 11.8 Å². The summed E-state index contributed by atoms with van der Waals surface area (Å²) in [4.78, 5) is 31.8. The van der Waals surface area contributed by atoms with Crippen molar-refractivity contribution >= 4 is 28.8 Å². The Labute approximate surface area is 152 Å². The summed E-state index contributed by atoms with van der Waals surface area (Å²) in [6.07, 6.45) is 1.73. The van der Waals surface area contributed by atoms with Crippen LogP contribution in [0.25, 0.3) is 0 Å². The molecule has 0 saturated carbocycles. The zero-order valence-corrected chi connectivity index (χ0v) is 15.5.